The third-order valence-corrected chi connectivity index (χ3v) is 6.85. The lowest BCUT2D eigenvalue weighted by atomic mass is 9.52. The fraction of sp³-hybridized carbons (Fsp3) is 0.667. The molecule has 0 saturated heterocycles. The molecule has 5 rings (SSSR count). The van der Waals surface area contributed by atoms with Gasteiger partial charge in [-0.25, -0.2) is 0 Å². The van der Waals surface area contributed by atoms with Crippen molar-refractivity contribution in [3.8, 4) is 0 Å². The minimum absolute atomic E-state index is 0.123. The molecule has 4 aliphatic carbocycles. The van der Waals surface area contributed by atoms with Crippen LogP contribution in [0.4, 0.5) is 0 Å². The lowest BCUT2D eigenvalue weighted by Gasteiger charge is -2.58. The summed E-state index contributed by atoms with van der Waals surface area (Å²) in [6, 6.07) is 8.50. The van der Waals surface area contributed by atoms with Crippen LogP contribution < -0.4 is 5.32 Å². The van der Waals surface area contributed by atoms with Crippen molar-refractivity contribution in [2.75, 3.05) is 0 Å². The van der Waals surface area contributed by atoms with Crippen LogP contribution in [-0.2, 0) is 10.2 Å². The predicted molar refractivity (Wildman–Crippen MR) is 94.6 cm³/mol. The van der Waals surface area contributed by atoms with Gasteiger partial charge < -0.3 is 10.4 Å². The first kappa shape index (κ1) is 16.1. The summed E-state index contributed by atoms with van der Waals surface area (Å²) in [7, 11) is 0. The minimum atomic E-state index is -0.530. The lowest BCUT2D eigenvalue weighted by molar-refractivity contribution is -0.148. The summed E-state index contributed by atoms with van der Waals surface area (Å²) in [5.74, 6) is 1.71. The molecule has 2 N–H and O–H groups in total. The number of carbonyl (C=O) groups is 1. The van der Waals surface area contributed by atoms with Gasteiger partial charge in [0.15, 0.2) is 0 Å². The first-order valence-electron chi connectivity index (χ1n) is 9.37. The molecule has 4 saturated carbocycles. The van der Waals surface area contributed by atoms with E-state index in [0.717, 1.165) is 24.8 Å². The summed E-state index contributed by atoms with van der Waals surface area (Å²) in [5, 5.41) is 14.1. The molecule has 4 unspecified atom stereocenters. The largest absolute Gasteiger partial charge is 0.390 e. The summed E-state index contributed by atoms with van der Waals surface area (Å²) >= 11 is 0. The minimum Gasteiger partial charge on any atom is -0.390 e. The van der Waals surface area contributed by atoms with Crippen molar-refractivity contribution < 1.29 is 9.90 Å². The standard InChI is InChI=1S/C21H29NO2/c1-13-5-4-6-17(7-13)20(2,3)19(23)22-18-15-8-14-9-16(18)12-21(24,10-14)11-15/h4-7,14-16,18,24H,8-12H2,1-3H3,(H,22,23)/t14?,15-,16?,18?,21?/m1/s1. The van der Waals surface area contributed by atoms with E-state index in [4.69, 9.17) is 0 Å². The van der Waals surface area contributed by atoms with Gasteiger partial charge >= 0.3 is 0 Å². The molecule has 0 aliphatic heterocycles. The Morgan fingerprint density at radius 2 is 1.88 bits per heavy atom. The molecule has 0 heterocycles. The normalized spacial score (nSPS) is 37.5. The molecule has 4 bridgehead atoms. The third kappa shape index (κ3) is 2.57. The van der Waals surface area contributed by atoms with Gasteiger partial charge in [-0.15, -0.1) is 0 Å². The second-order valence-electron chi connectivity index (χ2n) is 9.19. The number of hydrogen-bond acceptors (Lipinski definition) is 2. The van der Waals surface area contributed by atoms with Crippen molar-refractivity contribution in [1.29, 1.82) is 0 Å². The number of carbonyl (C=O) groups excluding carboxylic acids is 1. The fourth-order valence-electron chi connectivity index (χ4n) is 5.71. The predicted octanol–water partition coefficient (Wildman–Crippen LogP) is 3.33. The van der Waals surface area contributed by atoms with Gasteiger partial charge in [-0.05, 0) is 76.2 Å². The Kier molecular flexibility index (Phi) is 3.58. The molecule has 4 fully saturated rings. The van der Waals surface area contributed by atoms with Crippen LogP contribution in [0.3, 0.4) is 0 Å². The van der Waals surface area contributed by atoms with Crippen LogP contribution >= 0.6 is 0 Å². The Hall–Kier alpha value is -1.35. The van der Waals surface area contributed by atoms with E-state index < -0.39 is 11.0 Å². The molecule has 5 atom stereocenters. The quantitative estimate of drug-likeness (QED) is 0.894. The van der Waals surface area contributed by atoms with E-state index in [1.54, 1.807) is 0 Å². The topological polar surface area (TPSA) is 49.3 Å². The Morgan fingerprint density at radius 3 is 2.46 bits per heavy atom. The second-order valence-corrected chi connectivity index (χ2v) is 9.19. The Labute approximate surface area is 144 Å². The van der Waals surface area contributed by atoms with Gasteiger partial charge in [0.25, 0.3) is 0 Å². The van der Waals surface area contributed by atoms with E-state index in [2.05, 4.69) is 24.4 Å². The number of rotatable bonds is 3. The summed E-state index contributed by atoms with van der Waals surface area (Å²) in [5.41, 5.74) is 1.29. The number of amides is 1. The van der Waals surface area contributed by atoms with Crippen molar-refractivity contribution >= 4 is 5.91 Å². The highest BCUT2D eigenvalue weighted by Gasteiger charge is 2.55. The summed E-state index contributed by atoms with van der Waals surface area (Å²) in [6.45, 7) is 6.09. The van der Waals surface area contributed by atoms with Gasteiger partial charge in [-0.1, -0.05) is 29.8 Å². The molecule has 4 aliphatic rings. The number of hydrogen-bond donors (Lipinski definition) is 2. The van der Waals surface area contributed by atoms with Crippen molar-refractivity contribution in [1.82, 2.24) is 5.32 Å². The molecule has 3 heteroatoms. The van der Waals surface area contributed by atoms with Crippen LogP contribution in [-0.4, -0.2) is 22.7 Å². The van der Waals surface area contributed by atoms with E-state index in [1.807, 2.05) is 26.0 Å². The Bertz CT molecular complexity index is 650. The van der Waals surface area contributed by atoms with Crippen molar-refractivity contribution in [2.45, 2.75) is 69.9 Å². The second kappa shape index (κ2) is 5.32. The molecule has 1 aromatic rings. The van der Waals surface area contributed by atoms with Crippen LogP contribution in [0.1, 0.15) is 57.1 Å². The highest BCUT2D eigenvalue weighted by Crippen LogP contribution is 2.55. The molecule has 24 heavy (non-hydrogen) atoms. The molecule has 0 radical (unpaired) electrons. The number of benzene rings is 1. The van der Waals surface area contributed by atoms with Gasteiger partial charge in [0.2, 0.25) is 5.91 Å². The molecule has 3 nitrogen and oxygen atoms in total. The van der Waals surface area contributed by atoms with Crippen LogP contribution in [0.15, 0.2) is 24.3 Å². The Balaban J connectivity index is 1.52. The summed E-state index contributed by atoms with van der Waals surface area (Å²) in [6.07, 6.45) is 5.07. The average Bonchev–Trinajstić information content (AvgIpc) is 2.49. The maximum atomic E-state index is 13.1. The lowest BCUT2D eigenvalue weighted by Crippen LogP contribution is -2.62. The zero-order chi connectivity index (χ0) is 17.1. The molecule has 0 aromatic heterocycles. The molecular weight excluding hydrogens is 298 g/mol. The first-order chi connectivity index (χ1) is 11.3. The van der Waals surface area contributed by atoms with Crippen LogP contribution in [0, 0.1) is 24.7 Å². The monoisotopic (exact) mass is 327 g/mol. The fourth-order valence-corrected chi connectivity index (χ4v) is 5.71. The van der Waals surface area contributed by atoms with Gasteiger partial charge in [0.1, 0.15) is 0 Å². The molecule has 0 spiro atoms. The molecule has 1 aromatic carbocycles. The smallest absolute Gasteiger partial charge is 0.230 e. The number of aryl methyl sites for hydroxylation is 1. The summed E-state index contributed by atoms with van der Waals surface area (Å²) < 4.78 is 0. The summed E-state index contributed by atoms with van der Waals surface area (Å²) in [4.78, 5) is 13.1. The van der Waals surface area contributed by atoms with E-state index in [-0.39, 0.29) is 11.9 Å². The van der Waals surface area contributed by atoms with E-state index in [1.165, 1.54) is 18.4 Å². The molecular formula is C21H29NO2. The number of aliphatic hydroxyl groups is 1. The van der Waals surface area contributed by atoms with E-state index in [0.29, 0.717) is 17.8 Å². The zero-order valence-corrected chi connectivity index (χ0v) is 15.0. The van der Waals surface area contributed by atoms with Crippen molar-refractivity contribution in [2.24, 2.45) is 17.8 Å². The zero-order valence-electron chi connectivity index (χ0n) is 15.0. The van der Waals surface area contributed by atoms with Gasteiger partial charge in [0, 0.05) is 6.04 Å². The highest BCUT2D eigenvalue weighted by molar-refractivity contribution is 5.87. The van der Waals surface area contributed by atoms with E-state index in [9.17, 15) is 9.90 Å². The highest BCUT2D eigenvalue weighted by atomic mass is 16.3. The Morgan fingerprint density at radius 1 is 1.21 bits per heavy atom. The van der Waals surface area contributed by atoms with Gasteiger partial charge in [-0.2, -0.15) is 0 Å². The van der Waals surface area contributed by atoms with Gasteiger partial charge in [0.05, 0.1) is 11.0 Å². The van der Waals surface area contributed by atoms with Crippen LogP contribution in [0.2, 0.25) is 0 Å². The van der Waals surface area contributed by atoms with E-state index >= 15 is 0 Å². The maximum Gasteiger partial charge on any atom is 0.230 e. The maximum absolute atomic E-state index is 13.1. The van der Waals surface area contributed by atoms with Crippen LogP contribution in [0.25, 0.3) is 0 Å². The SMILES string of the molecule is Cc1cccc(C(C)(C)C(=O)NC2C3CC4C[C@@H]2CC(O)(C4)C3)c1. The van der Waals surface area contributed by atoms with Crippen molar-refractivity contribution in [3.63, 3.8) is 0 Å². The molecule has 1 amide bonds. The average molecular weight is 327 g/mol. The molecule has 130 valence electrons. The number of nitrogens with one attached hydrogen (secondary N) is 1. The first-order valence-corrected chi connectivity index (χ1v) is 9.37. The van der Waals surface area contributed by atoms with Gasteiger partial charge in [-0.3, -0.25) is 4.79 Å². The third-order valence-electron chi connectivity index (χ3n) is 6.85. The van der Waals surface area contributed by atoms with Crippen molar-refractivity contribution in [3.05, 3.63) is 35.4 Å². The van der Waals surface area contributed by atoms with Crippen LogP contribution in [0.5, 0.6) is 0 Å².